The lowest BCUT2D eigenvalue weighted by Crippen LogP contribution is -2.71. The molecule has 0 radical (unpaired) electrons. The van der Waals surface area contributed by atoms with Crippen LogP contribution in [0, 0.1) is 16.7 Å². The number of carbonyl (C=O) groups excluding carboxylic acids is 6. The number of hydrogen-bond donors (Lipinski definition) is 1. The normalized spacial score (nSPS) is 35.4. The van der Waals surface area contributed by atoms with Gasteiger partial charge in [-0.15, -0.1) is 0 Å². The van der Waals surface area contributed by atoms with Gasteiger partial charge in [0.2, 0.25) is 0 Å². The van der Waals surface area contributed by atoms with E-state index in [2.05, 4.69) is 0 Å². The molecular formula is C37H46O14. The molecule has 1 aromatic carbocycles. The van der Waals surface area contributed by atoms with E-state index in [9.17, 15) is 33.9 Å². The van der Waals surface area contributed by atoms with Crippen molar-refractivity contribution < 1.29 is 67.0 Å². The van der Waals surface area contributed by atoms with E-state index in [0.29, 0.717) is 5.57 Å². The van der Waals surface area contributed by atoms with Gasteiger partial charge in [-0.25, -0.2) is 4.79 Å². The van der Waals surface area contributed by atoms with Crippen LogP contribution in [0.4, 0.5) is 0 Å². The van der Waals surface area contributed by atoms with E-state index in [0.717, 1.165) is 6.92 Å². The van der Waals surface area contributed by atoms with Crippen LogP contribution in [0.3, 0.4) is 0 Å². The van der Waals surface area contributed by atoms with Crippen molar-refractivity contribution in [1.82, 2.24) is 0 Å². The Labute approximate surface area is 296 Å². The van der Waals surface area contributed by atoms with Gasteiger partial charge in [0.15, 0.2) is 17.8 Å². The number of carbonyl (C=O) groups is 6. The lowest BCUT2D eigenvalue weighted by atomic mass is 9.52. The van der Waals surface area contributed by atoms with E-state index in [-0.39, 0.29) is 30.6 Å². The second-order valence-corrected chi connectivity index (χ2v) is 14.7. The Kier molecular flexibility index (Phi) is 9.93. The molecule has 3 fully saturated rings. The van der Waals surface area contributed by atoms with Crippen molar-refractivity contribution in [3.63, 3.8) is 0 Å². The third kappa shape index (κ3) is 6.19. The fourth-order valence-corrected chi connectivity index (χ4v) is 9.36. The smallest absolute Gasteiger partial charge is 0.338 e. The maximum Gasteiger partial charge on any atom is 0.338 e. The predicted molar refractivity (Wildman–Crippen MR) is 174 cm³/mol. The van der Waals surface area contributed by atoms with E-state index in [1.54, 1.807) is 44.2 Å². The van der Waals surface area contributed by atoms with Gasteiger partial charge in [0.25, 0.3) is 0 Å². The maximum atomic E-state index is 14.1. The van der Waals surface area contributed by atoms with Crippen LogP contribution in [0.2, 0.25) is 0 Å². The number of hydrogen-bond acceptors (Lipinski definition) is 14. The molecule has 51 heavy (non-hydrogen) atoms. The first kappa shape index (κ1) is 37.9. The second kappa shape index (κ2) is 13.4. The lowest BCUT2D eigenvalue weighted by Gasteiger charge is -2.57. The van der Waals surface area contributed by atoms with Crippen LogP contribution in [0.25, 0.3) is 0 Å². The van der Waals surface area contributed by atoms with Crippen LogP contribution in [0.5, 0.6) is 0 Å². The largest absolute Gasteiger partial charge is 0.462 e. The SMILES string of the molecule is CC(=O)O[C@H]1C[C@]2(C(C)(C)O)C(=C1C)[C@@H](OC(C)=O)[C@H](OC(C)=O)[C@@]1(C)C3[C@@H]2OC[C@]3(OC(=O)c2ccccc2)[C@@H](OC(C)=O)C[C@@H]1OC(C)=O. The summed E-state index contributed by atoms with van der Waals surface area (Å²) < 4.78 is 43.1. The van der Waals surface area contributed by atoms with Crippen molar-refractivity contribution in [3.8, 4) is 0 Å². The monoisotopic (exact) mass is 714 g/mol. The van der Waals surface area contributed by atoms with Gasteiger partial charge < -0.3 is 38.3 Å². The zero-order valence-corrected chi connectivity index (χ0v) is 30.3. The van der Waals surface area contributed by atoms with Crippen LogP contribution in [0.1, 0.15) is 85.5 Å². The second-order valence-electron chi connectivity index (χ2n) is 14.7. The molecule has 1 heterocycles. The summed E-state index contributed by atoms with van der Waals surface area (Å²) >= 11 is 0. The molecule has 278 valence electrons. The standard InChI is InChI=1S/C37H46O14/c1-18-25(46-19(2)38)16-36(34(7,8)44)28(18)29(49-22(5)41)31(50-23(6)42)35(9)26(47-20(3)39)15-27(48-21(4)40)37(17-45-32(36)30(35)37)51-33(43)24-13-11-10-12-14-24/h10-14,25-27,29-32,44H,15-17H2,1-9H3/t25-,26-,27-,29+,30?,31-,32-,35+,36-,37-/m0/s1. The highest BCUT2D eigenvalue weighted by Crippen LogP contribution is 2.70. The predicted octanol–water partition coefficient (Wildman–Crippen LogP) is 3.16. The van der Waals surface area contributed by atoms with Crippen LogP contribution in [0.15, 0.2) is 41.5 Å². The molecule has 0 amide bonds. The van der Waals surface area contributed by atoms with Crippen LogP contribution in [-0.2, 0) is 57.1 Å². The molecule has 10 atom stereocenters. The number of benzene rings is 1. The summed E-state index contributed by atoms with van der Waals surface area (Å²) in [5, 5.41) is 12.4. The molecule has 1 N–H and O–H groups in total. The van der Waals surface area contributed by atoms with E-state index < -0.39 is 100 Å². The number of aliphatic hydroxyl groups is 1. The summed E-state index contributed by atoms with van der Waals surface area (Å²) in [5.74, 6) is -5.60. The third-order valence-electron chi connectivity index (χ3n) is 11.1. The average molecular weight is 715 g/mol. The van der Waals surface area contributed by atoms with Crippen LogP contribution >= 0.6 is 0 Å². The summed E-state index contributed by atoms with van der Waals surface area (Å²) in [7, 11) is 0. The minimum absolute atomic E-state index is 0.0851. The van der Waals surface area contributed by atoms with Gasteiger partial charge in [-0.1, -0.05) is 25.1 Å². The van der Waals surface area contributed by atoms with Gasteiger partial charge >= 0.3 is 35.8 Å². The van der Waals surface area contributed by atoms with E-state index >= 15 is 0 Å². The first-order valence-corrected chi connectivity index (χ1v) is 16.9. The number of fused-ring (bicyclic) bond motifs is 2. The van der Waals surface area contributed by atoms with Crippen LogP contribution < -0.4 is 0 Å². The number of rotatable bonds is 8. The van der Waals surface area contributed by atoms with Crippen molar-refractivity contribution in [2.24, 2.45) is 16.7 Å². The Hall–Kier alpha value is -4.30. The van der Waals surface area contributed by atoms with E-state index in [1.165, 1.54) is 41.5 Å². The van der Waals surface area contributed by atoms with Crippen molar-refractivity contribution in [3.05, 3.63) is 47.0 Å². The molecule has 0 spiro atoms. The third-order valence-corrected chi connectivity index (χ3v) is 11.1. The molecule has 0 bridgehead atoms. The lowest BCUT2D eigenvalue weighted by molar-refractivity contribution is -0.253. The molecule has 0 aromatic heterocycles. The van der Waals surface area contributed by atoms with Gasteiger partial charge in [0.05, 0.1) is 34.7 Å². The zero-order chi connectivity index (χ0) is 37.8. The van der Waals surface area contributed by atoms with Crippen molar-refractivity contribution in [2.45, 2.75) is 123 Å². The Bertz CT molecular complexity index is 1640. The Morgan fingerprint density at radius 2 is 1.35 bits per heavy atom. The first-order valence-electron chi connectivity index (χ1n) is 16.9. The Morgan fingerprint density at radius 3 is 1.88 bits per heavy atom. The zero-order valence-electron chi connectivity index (χ0n) is 30.3. The Morgan fingerprint density at radius 1 is 0.804 bits per heavy atom. The fourth-order valence-electron chi connectivity index (χ4n) is 9.36. The van der Waals surface area contributed by atoms with Gasteiger partial charge in [-0.2, -0.15) is 0 Å². The van der Waals surface area contributed by atoms with E-state index in [1.807, 2.05) is 0 Å². The van der Waals surface area contributed by atoms with Gasteiger partial charge in [-0.05, 0) is 44.1 Å². The van der Waals surface area contributed by atoms with Crippen molar-refractivity contribution in [2.75, 3.05) is 6.61 Å². The molecule has 1 aliphatic heterocycles. The Balaban J connectivity index is 1.92. The molecule has 1 unspecified atom stereocenters. The average Bonchev–Trinajstić information content (AvgIpc) is 3.51. The molecule has 1 aromatic rings. The maximum absolute atomic E-state index is 14.1. The molecule has 14 heteroatoms. The van der Waals surface area contributed by atoms with Gasteiger partial charge in [-0.3, -0.25) is 24.0 Å². The summed E-state index contributed by atoms with van der Waals surface area (Å²) in [6.07, 6.45) is -7.91. The fraction of sp³-hybridized carbons (Fsp3) is 0.622. The summed E-state index contributed by atoms with van der Waals surface area (Å²) in [6, 6.07) is 8.11. The van der Waals surface area contributed by atoms with Crippen molar-refractivity contribution in [1.29, 1.82) is 0 Å². The molecule has 2 saturated carbocycles. The quantitative estimate of drug-likeness (QED) is 0.235. The highest BCUT2D eigenvalue weighted by Gasteiger charge is 2.81. The molecule has 5 rings (SSSR count). The highest BCUT2D eigenvalue weighted by atomic mass is 16.6. The van der Waals surface area contributed by atoms with Crippen LogP contribution in [-0.4, -0.2) is 95.4 Å². The number of esters is 6. The molecule has 3 aliphatic carbocycles. The van der Waals surface area contributed by atoms with Crippen molar-refractivity contribution >= 4 is 35.8 Å². The molecule has 4 aliphatic rings. The molecule has 1 saturated heterocycles. The van der Waals surface area contributed by atoms with E-state index in [4.69, 9.17) is 33.2 Å². The summed E-state index contributed by atoms with van der Waals surface area (Å²) in [5.41, 5.74) is -5.97. The first-order chi connectivity index (χ1) is 23.7. The van der Waals surface area contributed by atoms with Gasteiger partial charge in [0, 0.05) is 53.4 Å². The molecule has 14 nitrogen and oxygen atoms in total. The number of ether oxygens (including phenoxy) is 7. The summed E-state index contributed by atoms with van der Waals surface area (Å²) in [4.78, 5) is 78.2. The highest BCUT2D eigenvalue weighted by molar-refractivity contribution is 5.89. The van der Waals surface area contributed by atoms with Gasteiger partial charge in [0.1, 0.15) is 18.3 Å². The summed E-state index contributed by atoms with van der Waals surface area (Å²) in [6.45, 7) is 12.0. The topological polar surface area (TPSA) is 187 Å². The minimum Gasteiger partial charge on any atom is -0.462 e. The molecular weight excluding hydrogens is 668 g/mol. The minimum atomic E-state index is -1.85.